The van der Waals surface area contributed by atoms with Crippen LogP contribution in [0.3, 0.4) is 0 Å². The maximum atomic E-state index is 10.8. The van der Waals surface area contributed by atoms with Gasteiger partial charge >= 0.3 is 5.97 Å². The molecule has 13 heavy (non-hydrogen) atoms. The first-order chi connectivity index (χ1) is 6.02. The molecular weight excluding hydrogens is 172 g/mol. The van der Waals surface area contributed by atoms with Crippen LogP contribution in [-0.4, -0.2) is 11.6 Å². The zero-order valence-corrected chi connectivity index (χ0v) is 8.75. The molecule has 0 aromatic heterocycles. The minimum Gasteiger partial charge on any atom is -0.269 e. The van der Waals surface area contributed by atoms with Crippen molar-refractivity contribution in [2.75, 3.05) is 0 Å². The zero-order valence-electron chi connectivity index (χ0n) is 8.75. The first kappa shape index (κ1) is 12.4. The number of hydrogen-bond acceptors (Lipinski definition) is 4. The third-order valence-electron chi connectivity index (χ3n) is 1.69. The number of carbonyl (C=O) groups is 1. The van der Waals surface area contributed by atoms with Gasteiger partial charge < -0.3 is 0 Å². The predicted octanol–water partition coefficient (Wildman–Crippen LogP) is 2.38. The maximum Gasteiger partial charge on any atom is 0.345 e. The van der Waals surface area contributed by atoms with Gasteiger partial charge in [-0.15, -0.1) is 0 Å². The van der Waals surface area contributed by atoms with E-state index in [9.17, 15) is 4.79 Å². The molecular formula is C9H18O4. The highest BCUT2D eigenvalue weighted by Crippen LogP contribution is 2.13. The molecule has 0 heterocycles. The lowest BCUT2D eigenvalue weighted by Gasteiger charge is -2.19. The molecule has 0 aliphatic rings. The Morgan fingerprint density at radius 1 is 1.31 bits per heavy atom. The van der Waals surface area contributed by atoms with Crippen molar-refractivity contribution in [2.45, 2.75) is 52.6 Å². The molecule has 0 atom stereocenters. The van der Waals surface area contributed by atoms with E-state index >= 15 is 0 Å². The fourth-order valence-corrected chi connectivity index (χ4v) is 0.452. The van der Waals surface area contributed by atoms with Crippen LogP contribution in [0.15, 0.2) is 0 Å². The van der Waals surface area contributed by atoms with Crippen LogP contribution in [0.2, 0.25) is 0 Å². The van der Waals surface area contributed by atoms with Gasteiger partial charge in [0.15, 0.2) is 0 Å². The summed E-state index contributed by atoms with van der Waals surface area (Å²) < 4.78 is 0. The average molecular weight is 190 g/mol. The van der Waals surface area contributed by atoms with Crippen LogP contribution in [0.25, 0.3) is 0 Å². The van der Waals surface area contributed by atoms with Crippen molar-refractivity contribution < 1.29 is 19.6 Å². The summed E-state index contributed by atoms with van der Waals surface area (Å²) >= 11 is 0. The summed E-state index contributed by atoms with van der Waals surface area (Å²) in [6, 6.07) is 0. The van der Waals surface area contributed by atoms with Crippen LogP contribution in [-0.2, 0) is 19.6 Å². The second-order valence-electron chi connectivity index (χ2n) is 3.47. The Morgan fingerprint density at radius 2 is 1.92 bits per heavy atom. The molecule has 0 rings (SSSR count). The molecule has 0 spiro atoms. The van der Waals surface area contributed by atoms with E-state index in [1.165, 1.54) is 0 Å². The molecule has 0 N–H and O–H groups in total. The molecule has 0 amide bonds. The highest BCUT2D eigenvalue weighted by Gasteiger charge is 2.18. The fraction of sp³-hybridized carbons (Fsp3) is 0.889. The number of carbonyl (C=O) groups excluding carboxylic acids is 1. The molecule has 0 saturated heterocycles. The predicted molar refractivity (Wildman–Crippen MR) is 47.5 cm³/mol. The van der Waals surface area contributed by atoms with Crippen LogP contribution in [0.4, 0.5) is 0 Å². The molecule has 4 nitrogen and oxygen atoms in total. The van der Waals surface area contributed by atoms with Crippen LogP contribution < -0.4 is 0 Å². The van der Waals surface area contributed by atoms with Gasteiger partial charge in [0, 0.05) is 6.42 Å². The molecule has 78 valence electrons. The molecule has 0 aliphatic heterocycles. The summed E-state index contributed by atoms with van der Waals surface area (Å²) in [5.74, 6) is -0.408. The standard InChI is InChI=1S/C9H18O4/c1-5-7-8(10)11-13-12-9(3,4)6-2/h5-7H2,1-4H3. The lowest BCUT2D eigenvalue weighted by molar-refractivity contribution is -0.517. The van der Waals surface area contributed by atoms with Crippen LogP contribution in [0, 0.1) is 0 Å². The molecule has 0 aliphatic carbocycles. The van der Waals surface area contributed by atoms with Gasteiger partial charge in [-0.3, -0.25) is 4.89 Å². The Kier molecular flexibility index (Phi) is 5.66. The second-order valence-corrected chi connectivity index (χ2v) is 3.47. The molecule has 0 unspecified atom stereocenters. The van der Waals surface area contributed by atoms with Crippen LogP contribution in [0.5, 0.6) is 0 Å². The van der Waals surface area contributed by atoms with Gasteiger partial charge in [0.2, 0.25) is 0 Å². The van der Waals surface area contributed by atoms with Gasteiger partial charge in [-0.2, -0.15) is 4.89 Å². The smallest absolute Gasteiger partial charge is 0.269 e. The summed E-state index contributed by atoms with van der Waals surface area (Å²) in [6.07, 6.45) is 1.85. The van der Waals surface area contributed by atoms with Gasteiger partial charge in [0.05, 0.1) is 0 Å². The summed E-state index contributed by atoms with van der Waals surface area (Å²) in [7, 11) is 0. The molecule has 0 bridgehead atoms. The van der Waals surface area contributed by atoms with Crippen molar-refractivity contribution in [1.29, 1.82) is 0 Å². The highest BCUT2D eigenvalue weighted by molar-refractivity contribution is 5.68. The minimum absolute atomic E-state index is 0.343. The molecule has 0 aromatic rings. The molecule has 0 fully saturated rings. The normalized spacial score (nSPS) is 11.4. The van der Waals surface area contributed by atoms with Crippen molar-refractivity contribution in [3.63, 3.8) is 0 Å². The number of rotatable bonds is 6. The van der Waals surface area contributed by atoms with Crippen molar-refractivity contribution in [3.05, 3.63) is 0 Å². The first-order valence-electron chi connectivity index (χ1n) is 4.57. The van der Waals surface area contributed by atoms with Crippen molar-refractivity contribution >= 4 is 5.97 Å². The molecule has 0 aromatic carbocycles. The van der Waals surface area contributed by atoms with Crippen molar-refractivity contribution in [2.24, 2.45) is 0 Å². The Labute approximate surface area is 79.0 Å². The quantitative estimate of drug-likeness (QED) is 0.476. The summed E-state index contributed by atoms with van der Waals surface area (Å²) in [5.41, 5.74) is -0.424. The third kappa shape index (κ3) is 6.54. The van der Waals surface area contributed by atoms with Crippen molar-refractivity contribution in [1.82, 2.24) is 0 Å². The molecule has 4 heteroatoms. The van der Waals surface area contributed by atoms with Crippen molar-refractivity contribution in [3.8, 4) is 0 Å². The Hall–Kier alpha value is -0.610. The fourth-order valence-electron chi connectivity index (χ4n) is 0.452. The SMILES string of the molecule is CCCC(=O)OOOC(C)(C)CC. The molecule has 0 radical (unpaired) electrons. The van der Waals surface area contributed by atoms with E-state index in [0.717, 1.165) is 12.8 Å². The first-order valence-corrected chi connectivity index (χ1v) is 4.57. The lowest BCUT2D eigenvalue weighted by Crippen LogP contribution is -2.24. The van der Waals surface area contributed by atoms with Gasteiger partial charge in [0.1, 0.15) is 5.60 Å². The maximum absolute atomic E-state index is 10.8. The van der Waals surface area contributed by atoms with E-state index in [1.54, 1.807) is 0 Å². The third-order valence-corrected chi connectivity index (χ3v) is 1.69. The summed E-state index contributed by atoms with van der Waals surface area (Å²) in [5, 5.41) is 4.35. The summed E-state index contributed by atoms with van der Waals surface area (Å²) in [4.78, 5) is 20.0. The Bertz CT molecular complexity index is 154. The zero-order chi connectivity index (χ0) is 10.3. The Morgan fingerprint density at radius 3 is 2.38 bits per heavy atom. The van der Waals surface area contributed by atoms with Gasteiger partial charge in [0.25, 0.3) is 0 Å². The van der Waals surface area contributed by atoms with E-state index in [1.807, 2.05) is 27.7 Å². The van der Waals surface area contributed by atoms with Gasteiger partial charge in [-0.1, -0.05) is 13.8 Å². The van der Waals surface area contributed by atoms with Gasteiger partial charge in [-0.05, 0) is 31.7 Å². The Balaban J connectivity index is 3.50. The van der Waals surface area contributed by atoms with E-state index in [-0.39, 0.29) is 0 Å². The lowest BCUT2D eigenvalue weighted by atomic mass is 10.1. The topological polar surface area (TPSA) is 44.8 Å². The minimum atomic E-state index is -0.424. The largest absolute Gasteiger partial charge is 0.345 e. The highest BCUT2D eigenvalue weighted by atomic mass is 17.5. The van der Waals surface area contributed by atoms with E-state index in [2.05, 4.69) is 9.93 Å². The second kappa shape index (κ2) is 5.94. The number of hydrogen-bond donors (Lipinski definition) is 0. The van der Waals surface area contributed by atoms with Gasteiger partial charge in [-0.25, -0.2) is 4.79 Å². The van der Waals surface area contributed by atoms with E-state index < -0.39 is 11.6 Å². The van der Waals surface area contributed by atoms with E-state index in [0.29, 0.717) is 6.42 Å². The summed E-state index contributed by atoms with van der Waals surface area (Å²) in [6.45, 7) is 7.54. The van der Waals surface area contributed by atoms with Crippen LogP contribution in [0.1, 0.15) is 47.0 Å². The molecule has 0 saturated carbocycles. The van der Waals surface area contributed by atoms with E-state index in [4.69, 9.17) is 4.89 Å². The monoisotopic (exact) mass is 190 g/mol. The average Bonchev–Trinajstić information content (AvgIpc) is 2.05. The van der Waals surface area contributed by atoms with Crippen LogP contribution >= 0.6 is 0 Å².